The lowest BCUT2D eigenvalue weighted by Crippen LogP contribution is -2.34. The molecule has 3 heterocycles. The van der Waals surface area contributed by atoms with Crippen molar-refractivity contribution in [3.8, 4) is 5.88 Å². The monoisotopic (exact) mass is 274 g/mol. The second kappa shape index (κ2) is 5.22. The standard InChI is InChI=1S/C14H18N4O2/c1-19-12-8-18(7-9(12)15)11-5-6-16-10-3-4-13(20-2)17-14(10)11/h3-6,9,12H,7-8,15H2,1-2H3/t9-,12-/m1/s1. The number of methoxy groups -OCH3 is 2. The van der Waals surface area contributed by atoms with E-state index in [1.165, 1.54) is 0 Å². The number of pyridine rings is 2. The van der Waals surface area contributed by atoms with Crippen molar-refractivity contribution in [3.05, 3.63) is 24.4 Å². The van der Waals surface area contributed by atoms with Crippen LogP contribution in [0.2, 0.25) is 0 Å². The summed E-state index contributed by atoms with van der Waals surface area (Å²) >= 11 is 0. The summed E-state index contributed by atoms with van der Waals surface area (Å²) in [4.78, 5) is 11.0. The Kier molecular flexibility index (Phi) is 3.42. The van der Waals surface area contributed by atoms with E-state index in [0.717, 1.165) is 29.8 Å². The van der Waals surface area contributed by atoms with Crippen molar-refractivity contribution < 1.29 is 9.47 Å². The van der Waals surface area contributed by atoms with Gasteiger partial charge in [0, 0.05) is 32.5 Å². The molecule has 2 aromatic rings. The Morgan fingerprint density at radius 3 is 2.80 bits per heavy atom. The van der Waals surface area contributed by atoms with Gasteiger partial charge >= 0.3 is 0 Å². The quantitative estimate of drug-likeness (QED) is 0.892. The van der Waals surface area contributed by atoms with Gasteiger partial charge < -0.3 is 20.1 Å². The summed E-state index contributed by atoms with van der Waals surface area (Å²) in [7, 11) is 3.30. The van der Waals surface area contributed by atoms with Gasteiger partial charge in [0.2, 0.25) is 5.88 Å². The minimum Gasteiger partial charge on any atom is -0.481 e. The van der Waals surface area contributed by atoms with Crippen molar-refractivity contribution in [2.24, 2.45) is 5.73 Å². The lowest BCUT2D eigenvalue weighted by Gasteiger charge is -2.19. The van der Waals surface area contributed by atoms with Crippen LogP contribution >= 0.6 is 0 Å². The number of fused-ring (bicyclic) bond motifs is 1. The summed E-state index contributed by atoms with van der Waals surface area (Å²) in [5.41, 5.74) is 8.78. The Hall–Kier alpha value is -1.92. The predicted octanol–water partition coefficient (Wildman–Crippen LogP) is 0.801. The van der Waals surface area contributed by atoms with Gasteiger partial charge in [-0.3, -0.25) is 4.98 Å². The first kappa shape index (κ1) is 13.1. The first-order valence-corrected chi connectivity index (χ1v) is 6.56. The Bertz CT molecular complexity index is 619. The largest absolute Gasteiger partial charge is 0.481 e. The zero-order chi connectivity index (χ0) is 14.1. The molecule has 6 nitrogen and oxygen atoms in total. The molecule has 20 heavy (non-hydrogen) atoms. The van der Waals surface area contributed by atoms with Crippen LogP contribution in [0, 0.1) is 0 Å². The van der Waals surface area contributed by atoms with Crippen LogP contribution in [0.15, 0.2) is 24.4 Å². The van der Waals surface area contributed by atoms with Crippen LogP contribution in [0.5, 0.6) is 5.88 Å². The Balaban J connectivity index is 2.03. The molecule has 0 saturated carbocycles. The van der Waals surface area contributed by atoms with E-state index in [1.807, 2.05) is 18.2 Å². The van der Waals surface area contributed by atoms with Crippen LogP contribution < -0.4 is 15.4 Å². The molecule has 6 heteroatoms. The third-order valence-electron chi connectivity index (χ3n) is 3.70. The van der Waals surface area contributed by atoms with Crippen molar-refractivity contribution in [2.45, 2.75) is 12.1 Å². The van der Waals surface area contributed by atoms with Crippen LogP contribution in [0.25, 0.3) is 11.0 Å². The Morgan fingerprint density at radius 2 is 2.10 bits per heavy atom. The number of anilines is 1. The number of rotatable bonds is 3. The molecule has 1 aliphatic heterocycles. The maximum Gasteiger partial charge on any atom is 0.213 e. The van der Waals surface area contributed by atoms with E-state index in [1.54, 1.807) is 20.4 Å². The fraction of sp³-hybridized carbons (Fsp3) is 0.429. The maximum atomic E-state index is 6.09. The smallest absolute Gasteiger partial charge is 0.213 e. The van der Waals surface area contributed by atoms with Gasteiger partial charge in [0.15, 0.2) is 0 Å². The SMILES string of the molecule is COc1ccc2nccc(N3C[C@@H](N)[C@H](OC)C3)c2n1. The number of hydrogen-bond donors (Lipinski definition) is 1. The van der Waals surface area contributed by atoms with Crippen molar-refractivity contribution in [3.63, 3.8) is 0 Å². The van der Waals surface area contributed by atoms with E-state index in [2.05, 4.69) is 14.9 Å². The van der Waals surface area contributed by atoms with Gasteiger partial charge in [0.05, 0.1) is 30.5 Å². The molecule has 0 bridgehead atoms. The predicted molar refractivity (Wildman–Crippen MR) is 77.1 cm³/mol. The molecular weight excluding hydrogens is 256 g/mol. The lowest BCUT2D eigenvalue weighted by atomic mass is 10.2. The molecule has 0 spiro atoms. The fourth-order valence-corrected chi connectivity index (χ4v) is 2.61. The van der Waals surface area contributed by atoms with Gasteiger partial charge in [-0.2, -0.15) is 0 Å². The van der Waals surface area contributed by atoms with Gasteiger partial charge in [0.1, 0.15) is 5.52 Å². The van der Waals surface area contributed by atoms with Gasteiger partial charge in [-0.1, -0.05) is 0 Å². The summed E-state index contributed by atoms with van der Waals surface area (Å²) in [6.07, 6.45) is 1.83. The van der Waals surface area contributed by atoms with E-state index in [-0.39, 0.29) is 12.1 Å². The molecule has 3 rings (SSSR count). The molecule has 0 aromatic carbocycles. The van der Waals surface area contributed by atoms with E-state index in [4.69, 9.17) is 15.2 Å². The molecule has 2 atom stereocenters. The third-order valence-corrected chi connectivity index (χ3v) is 3.70. The molecule has 1 fully saturated rings. The first-order chi connectivity index (χ1) is 9.72. The number of nitrogens with zero attached hydrogens (tertiary/aromatic N) is 3. The minimum absolute atomic E-state index is 0.00817. The van der Waals surface area contributed by atoms with E-state index < -0.39 is 0 Å². The minimum atomic E-state index is 0.00817. The Labute approximate surface area is 117 Å². The highest BCUT2D eigenvalue weighted by atomic mass is 16.5. The molecule has 1 saturated heterocycles. The van der Waals surface area contributed by atoms with Crippen molar-refractivity contribution >= 4 is 16.7 Å². The van der Waals surface area contributed by atoms with Crippen molar-refractivity contribution in [1.29, 1.82) is 0 Å². The van der Waals surface area contributed by atoms with Crippen LogP contribution in [0.4, 0.5) is 5.69 Å². The summed E-state index contributed by atoms with van der Waals surface area (Å²) in [5, 5.41) is 0. The molecule has 0 aliphatic carbocycles. The molecule has 2 aromatic heterocycles. The third kappa shape index (κ3) is 2.17. The highest BCUT2D eigenvalue weighted by Crippen LogP contribution is 2.28. The summed E-state index contributed by atoms with van der Waals surface area (Å²) in [5.74, 6) is 0.582. The van der Waals surface area contributed by atoms with Gasteiger partial charge in [-0.25, -0.2) is 4.98 Å². The highest BCUT2D eigenvalue weighted by Gasteiger charge is 2.31. The van der Waals surface area contributed by atoms with E-state index in [0.29, 0.717) is 5.88 Å². The van der Waals surface area contributed by atoms with Gasteiger partial charge in [-0.05, 0) is 12.1 Å². The van der Waals surface area contributed by atoms with Crippen LogP contribution in [-0.2, 0) is 4.74 Å². The summed E-state index contributed by atoms with van der Waals surface area (Å²) < 4.78 is 10.6. The van der Waals surface area contributed by atoms with Crippen molar-refractivity contribution in [1.82, 2.24) is 9.97 Å². The maximum absolute atomic E-state index is 6.09. The number of nitrogens with two attached hydrogens (primary N) is 1. The average Bonchev–Trinajstić information content (AvgIpc) is 2.87. The van der Waals surface area contributed by atoms with Crippen LogP contribution in [0.1, 0.15) is 0 Å². The molecule has 2 N–H and O–H groups in total. The van der Waals surface area contributed by atoms with E-state index in [9.17, 15) is 0 Å². The highest BCUT2D eigenvalue weighted by molar-refractivity contribution is 5.88. The molecule has 0 radical (unpaired) electrons. The van der Waals surface area contributed by atoms with Gasteiger partial charge in [0.25, 0.3) is 0 Å². The van der Waals surface area contributed by atoms with E-state index >= 15 is 0 Å². The molecule has 0 amide bonds. The Morgan fingerprint density at radius 1 is 1.25 bits per heavy atom. The normalized spacial score (nSPS) is 22.4. The topological polar surface area (TPSA) is 73.5 Å². The zero-order valence-corrected chi connectivity index (χ0v) is 11.6. The number of aromatic nitrogens is 2. The summed E-state index contributed by atoms with van der Waals surface area (Å²) in [6.45, 7) is 1.51. The lowest BCUT2D eigenvalue weighted by molar-refractivity contribution is 0.108. The number of hydrogen-bond acceptors (Lipinski definition) is 6. The molecule has 106 valence electrons. The number of ether oxygens (including phenoxy) is 2. The molecule has 1 aliphatic rings. The molecule has 0 unspecified atom stereocenters. The average molecular weight is 274 g/mol. The summed E-state index contributed by atoms with van der Waals surface area (Å²) in [6, 6.07) is 5.69. The fourth-order valence-electron chi connectivity index (χ4n) is 2.61. The second-order valence-electron chi connectivity index (χ2n) is 4.89. The van der Waals surface area contributed by atoms with Crippen LogP contribution in [0.3, 0.4) is 0 Å². The first-order valence-electron chi connectivity index (χ1n) is 6.56. The van der Waals surface area contributed by atoms with Crippen LogP contribution in [-0.4, -0.2) is 49.4 Å². The van der Waals surface area contributed by atoms with Gasteiger partial charge in [-0.15, -0.1) is 0 Å². The molecular formula is C14H18N4O2. The second-order valence-corrected chi connectivity index (χ2v) is 4.89. The van der Waals surface area contributed by atoms with Crippen molar-refractivity contribution in [2.75, 3.05) is 32.2 Å². The zero-order valence-electron chi connectivity index (χ0n) is 11.6.